The third-order valence-corrected chi connectivity index (χ3v) is 2.14. The molecule has 1 aromatic heterocycles. The SMILES string of the molecule is CC(O)CN(C)C(=O)c1ccnc(NN)c1F. The number of pyridine rings is 1. The van der Waals surface area contributed by atoms with Crippen molar-refractivity contribution in [3.63, 3.8) is 0 Å². The molecular weight excluding hydrogens is 227 g/mol. The molecule has 17 heavy (non-hydrogen) atoms. The number of hydrazine groups is 1. The van der Waals surface area contributed by atoms with Gasteiger partial charge in [-0.2, -0.15) is 0 Å². The highest BCUT2D eigenvalue weighted by atomic mass is 19.1. The van der Waals surface area contributed by atoms with Crippen LogP contribution in [-0.4, -0.2) is 40.6 Å². The minimum atomic E-state index is -0.808. The number of nitrogen functional groups attached to an aromatic ring is 1. The molecule has 1 atom stereocenters. The number of likely N-dealkylation sites (N-methyl/N-ethyl adjacent to an activating group) is 1. The second-order valence-corrected chi connectivity index (χ2v) is 3.70. The molecule has 0 radical (unpaired) electrons. The van der Waals surface area contributed by atoms with Gasteiger partial charge in [-0.15, -0.1) is 0 Å². The lowest BCUT2D eigenvalue weighted by Crippen LogP contribution is -2.33. The molecule has 0 saturated carbocycles. The molecule has 0 spiro atoms. The van der Waals surface area contributed by atoms with Gasteiger partial charge in [0.15, 0.2) is 11.6 Å². The summed E-state index contributed by atoms with van der Waals surface area (Å²) in [6.07, 6.45) is 0.600. The van der Waals surface area contributed by atoms with Crippen LogP contribution in [0.4, 0.5) is 10.2 Å². The van der Waals surface area contributed by atoms with Crippen molar-refractivity contribution in [3.05, 3.63) is 23.6 Å². The normalized spacial score (nSPS) is 12.1. The van der Waals surface area contributed by atoms with Crippen molar-refractivity contribution in [3.8, 4) is 0 Å². The zero-order chi connectivity index (χ0) is 13.0. The van der Waals surface area contributed by atoms with Crippen LogP contribution in [0.15, 0.2) is 12.3 Å². The summed E-state index contributed by atoms with van der Waals surface area (Å²) in [4.78, 5) is 16.7. The lowest BCUT2D eigenvalue weighted by molar-refractivity contribution is 0.0699. The Labute approximate surface area is 98.2 Å². The monoisotopic (exact) mass is 242 g/mol. The highest BCUT2D eigenvalue weighted by molar-refractivity contribution is 5.95. The van der Waals surface area contributed by atoms with E-state index < -0.39 is 17.8 Å². The molecule has 0 aliphatic rings. The molecule has 1 heterocycles. The average molecular weight is 242 g/mol. The number of carbonyl (C=O) groups excluding carboxylic acids is 1. The lowest BCUT2D eigenvalue weighted by Gasteiger charge is -2.19. The Kier molecular flexibility index (Phi) is 4.36. The van der Waals surface area contributed by atoms with Crippen molar-refractivity contribution in [1.29, 1.82) is 0 Å². The van der Waals surface area contributed by atoms with Crippen molar-refractivity contribution in [2.24, 2.45) is 5.84 Å². The number of anilines is 1. The first-order chi connectivity index (χ1) is 7.97. The summed E-state index contributed by atoms with van der Waals surface area (Å²) in [5.74, 6) is 3.52. The van der Waals surface area contributed by atoms with Gasteiger partial charge in [0.2, 0.25) is 0 Å². The van der Waals surface area contributed by atoms with E-state index in [2.05, 4.69) is 10.4 Å². The topological polar surface area (TPSA) is 91.5 Å². The van der Waals surface area contributed by atoms with Gasteiger partial charge in [0.25, 0.3) is 5.91 Å². The highest BCUT2D eigenvalue weighted by Crippen LogP contribution is 2.15. The number of carbonyl (C=O) groups is 1. The Hall–Kier alpha value is -1.73. The number of aromatic nitrogens is 1. The van der Waals surface area contributed by atoms with Gasteiger partial charge < -0.3 is 15.4 Å². The smallest absolute Gasteiger partial charge is 0.256 e. The van der Waals surface area contributed by atoms with Crippen LogP contribution in [0.1, 0.15) is 17.3 Å². The second-order valence-electron chi connectivity index (χ2n) is 3.70. The quantitative estimate of drug-likeness (QED) is 0.509. The fourth-order valence-electron chi connectivity index (χ4n) is 1.39. The summed E-state index contributed by atoms with van der Waals surface area (Å²) in [5, 5.41) is 9.16. The summed E-state index contributed by atoms with van der Waals surface area (Å²) in [6.45, 7) is 1.66. The predicted octanol–water partition coefficient (Wildman–Crippen LogP) is -0.0409. The number of amides is 1. The van der Waals surface area contributed by atoms with Crippen LogP contribution in [0.2, 0.25) is 0 Å². The van der Waals surface area contributed by atoms with Crippen LogP contribution in [-0.2, 0) is 0 Å². The van der Waals surface area contributed by atoms with Crippen LogP contribution in [0.25, 0.3) is 0 Å². The van der Waals surface area contributed by atoms with Gasteiger partial charge in [-0.05, 0) is 13.0 Å². The van der Waals surface area contributed by atoms with Crippen LogP contribution >= 0.6 is 0 Å². The van der Waals surface area contributed by atoms with Crippen molar-refractivity contribution in [1.82, 2.24) is 9.88 Å². The summed E-state index contributed by atoms with van der Waals surface area (Å²) in [5.41, 5.74) is 1.92. The fraction of sp³-hybridized carbons (Fsp3) is 0.400. The van der Waals surface area contributed by atoms with Gasteiger partial charge >= 0.3 is 0 Å². The molecule has 1 rings (SSSR count). The van der Waals surface area contributed by atoms with Crippen LogP contribution < -0.4 is 11.3 Å². The Morgan fingerprint density at radius 3 is 2.94 bits per heavy atom. The number of aliphatic hydroxyl groups is 1. The van der Waals surface area contributed by atoms with E-state index in [4.69, 9.17) is 10.9 Å². The van der Waals surface area contributed by atoms with Crippen LogP contribution in [0.3, 0.4) is 0 Å². The van der Waals surface area contributed by atoms with E-state index in [1.807, 2.05) is 0 Å². The Balaban J connectivity index is 2.96. The van der Waals surface area contributed by atoms with E-state index in [0.29, 0.717) is 0 Å². The zero-order valence-electron chi connectivity index (χ0n) is 9.64. The molecule has 94 valence electrons. The van der Waals surface area contributed by atoms with Gasteiger partial charge in [0.05, 0.1) is 11.7 Å². The van der Waals surface area contributed by atoms with Crippen molar-refractivity contribution < 1.29 is 14.3 Å². The maximum Gasteiger partial charge on any atom is 0.256 e. The van der Waals surface area contributed by atoms with Gasteiger partial charge in [0, 0.05) is 19.8 Å². The molecule has 1 aromatic rings. The largest absolute Gasteiger partial charge is 0.392 e. The third kappa shape index (κ3) is 3.11. The van der Waals surface area contributed by atoms with E-state index in [9.17, 15) is 9.18 Å². The number of nitrogens with one attached hydrogen (secondary N) is 1. The van der Waals surface area contributed by atoms with E-state index in [1.54, 1.807) is 6.92 Å². The molecule has 0 aliphatic heterocycles. The summed E-state index contributed by atoms with van der Waals surface area (Å²) in [7, 11) is 1.48. The maximum absolute atomic E-state index is 13.7. The first kappa shape index (κ1) is 13.3. The summed E-state index contributed by atoms with van der Waals surface area (Å²) < 4.78 is 13.7. The third-order valence-electron chi connectivity index (χ3n) is 2.14. The number of hydrogen-bond acceptors (Lipinski definition) is 5. The average Bonchev–Trinajstić information content (AvgIpc) is 2.27. The van der Waals surface area contributed by atoms with Crippen LogP contribution in [0, 0.1) is 5.82 Å². The maximum atomic E-state index is 13.7. The minimum Gasteiger partial charge on any atom is -0.392 e. The summed E-state index contributed by atoms with van der Waals surface area (Å²) >= 11 is 0. The van der Waals surface area contributed by atoms with Crippen molar-refractivity contribution >= 4 is 11.7 Å². The van der Waals surface area contributed by atoms with Crippen LogP contribution in [0.5, 0.6) is 0 Å². The standard InChI is InChI=1S/C10H15FN4O2/c1-6(16)5-15(2)10(17)7-3-4-13-9(14-12)8(7)11/h3-4,6,16H,5,12H2,1-2H3,(H,13,14). The zero-order valence-corrected chi connectivity index (χ0v) is 9.64. The number of nitrogens with zero attached hydrogens (tertiary/aromatic N) is 2. The first-order valence-corrected chi connectivity index (χ1v) is 5.02. The molecular formula is C10H15FN4O2. The first-order valence-electron chi connectivity index (χ1n) is 5.02. The number of nitrogens with two attached hydrogens (primary N) is 1. The Morgan fingerprint density at radius 2 is 2.41 bits per heavy atom. The summed E-state index contributed by atoms with van der Waals surface area (Å²) in [6, 6.07) is 1.26. The molecule has 0 aromatic carbocycles. The minimum absolute atomic E-state index is 0.117. The predicted molar refractivity (Wildman–Crippen MR) is 60.6 cm³/mol. The Bertz CT molecular complexity index is 411. The number of aliphatic hydroxyl groups excluding tert-OH is 1. The van der Waals surface area contributed by atoms with E-state index in [-0.39, 0.29) is 17.9 Å². The second kappa shape index (κ2) is 5.55. The van der Waals surface area contributed by atoms with Gasteiger partial charge in [-0.3, -0.25) is 4.79 Å². The number of rotatable bonds is 4. The van der Waals surface area contributed by atoms with E-state index in [0.717, 1.165) is 0 Å². The highest BCUT2D eigenvalue weighted by Gasteiger charge is 2.19. The van der Waals surface area contributed by atoms with Gasteiger partial charge in [-0.1, -0.05) is 0 Å². The molecule has 6 nitrogen and oxygen atoms in total. The molecule has 0 bridgehead atoms. The lowest BCUT2D eigenvalue weighted by atomic mass is 10.2. The van der Waals surface area contributed by atoms with Crippen molar-refractivity contribution in [2.45, 2.75) is 13.0 Å². The molecule has 7 heteroatoms. The van der Waals surface area contributed by atoms with Crippen molar-refractivity contribution in [2.75, 3.05) is 19.0 Å². The number of hydrogen-bond donors (Lipinski definition) is 3. The molecule has 0 saturated heterocycles. The number of halogens is 1. The molecule has 0 fully saturated rings. The fourth-order valence-corrected chi connectivity index (χ4v) is 1.39. The molecule has 1 amide bonds. The van der Waals surface area contributed by atoms with Gasteiger partial charge in [-0.25, -0.2) is 15.2 Å². The molecule has 4 N–H and O–H groups in total. The van der Waals surface area contributed by atoms with E-state index >= 15 is 0 Å². The molecule has 0 aliphatic carbocycles. The Morgan fingerprint density at radius 1 is 1.76 bits per heavy atom. The van der Waals surface area contributed by atoms with E-state index in [1.165, 1.54) is 24.2 Å². The van der Waals surface area contributed by atoms with Gasteiger partial charge in [0.1, 0.15) is 0 Å². The molecule has 1 unspecified atom stereocenters.